The van der Waals surface area contributed by atoms with Crippen molar-refractivity contribution in [1.29, 1.82) is 0 Å². The number of hydrogen-bond donors (Lipinski definition) is 2. The number of nitrogens with two attached hydrogens (primary N) is 1. The fourth-order valence-corrected chi connectivity index (χ4v) is 3.97. The molecular weight excluding hydrogens is 365 g/mol. The van der Waals surface area contributed by atoms with Gasteiger partial charge in [-0.3, -0.25) is 4.98 Å². The molecule has 0 atom stereocenters. The third kappa shape index (κ3) is 4.16. The van der Waals surface area contributed by atoms with Crippen molar-refractivity contribution in [1.82, 2.24) is 4.98 Å². The van der Waals surface area contributed by atoms with Gasteiger partial charge in [0.2, 0.25) is 0 Å². The number of pyridine rings is 1. The molecule has 1 saturated heterocycles. The van der Waals surface area contributed by atoms with Crippen LogP contribution in [0.15, 0.2) is 54.9 Å². The number of halogens is 1. The van der Waals surface area contributed by atoms with Crippen LogP contribution in [0.2, 0.25) is 0 Å². The van der Waals surface area contributed by atoms with E-state index < -0.39 is 0 Å². The lowest BCUT2D eigenvalue weighted by Crippen LogP contribution is -2.40. The van der Waals surface area contributed by atoms with Crippen LogP contribution in [0.25, 0.3) is 22.3 Å². The van der Waals surface area contributed by atoms with E-state index in [0.29, 0.717) is 5.56 Å². The Labute approximate surface area is 170 Å². The molecule has 2 aromatic carbocycles. The smallest absolute Gasteiger partial charge is 0.124 e. The van der Waals surface area contributed by atoms with Gasteiger partial charge in [0.15, 0.2) is 0 Å². The lowest BCUT2D eigenvalue weighted by atomic mass is 9.94. The Hall–Kier alpha value is -2.76. The standard InChI is InChI=1S/C24H26FN3O/c1-16-2-4-18(5-3-16)22-13-27-14-23(19-10-17(15-29)11-20(25)12-19)24(22)28-8-6-21(26)7-9-28/h2-5,10-14,21,29H,6-9,15,26H2,1H3. The molecule has 150 valence electrons. The van der Waals surface area contributed by atoms with E-state index in [1.165, 1.54) is 17.7 Å². The number of aromatic nitrogens is 1. The minimum Gasteiger partial charge on any atom is -0.392 e. The molecule has 0 radical (unpaired) electrons. The van der Waals surface area contributed by atoms with Gasteiger partial charge in [-0.2, -0.15) is 0 Å². The quantitative estimate of drug-likeness (QED) is 0.697. The Morgan fingerprint density at radius 1 is 1.03 bits per heavy atom. The van der Waals surface area contributed by atoms with Crippen molar-refractivity contribution in [3.05, 3.63) is 71.8 Å². The first-order chi connectivity index (χ1) is 14.0. The van der Waals surface area contributed by atoms with Crippen molar-refractivity contribution in [2.75, 3.05) is 18.0 Å². The third-order valence-corrected chi connectivity index (χ3v) is 5.59. The van der Waals surface area contributed by atoms with Crippen molar-refractivity contribution < 1.29 is 9.50 Å². The predicted octanol–water partition coefficient (Wildman–Crippen LogP) is 4.28. The number of hydrogen-bond acceptors (Lipinski definition) is 4. The van der Waals surface area contributed by atoms with Crippen LogP contribution in [0.5, 0.6) is 0 Å². The molecule has 0 aliphatic carbocycles. The Balaban J connectivity index is 1.90. The van der Waals surface area contributed by atoms with Crippen LogP contribution in [0, 0.1) is 12.7 Å². The van der Waals surface area contributed by atoms with Gasteiger partial charge in [0.1, 0.15) is 5.82 Å². The molecule has 5 heteroatoms. The van der Waals surface area contributed by atoms with Crippen molar-refractivity contribution in [3.63, 3.8) is 0 Å². The summed E-state index contributed by atoms with van der Waals surface area (Å²) in [4.78, 5) is 6.81. The van der Waals surface area contributed by atoms with Crippen LogP contribution in [0.1, 0.15) is 24.0 Å². The van der Waals surface area contributed by atoms with Gasteiger partial charge in [-0.25, -0.2) is 4.39 Å². The summed E-state index contributed by atoms with van der Waals surface area (Å²) in [5.74, 6) is -0.362. The molecule has 0 spiro atoms. The zero-order valence-corrected chi connectivity index (χ0v) is 16.6. The summed E-state index contributed by atoms with van der Waals surface area (Å²) in [6.07, 6.45) is 5.50. The number of benzene rings is 2. The molecule has 1 fully saturated rings. The SMILES string of the molecule is Cc1ccc(-c2cncc(-c3cc(F)cc(CO)c3)c2N2CCC(N)CC2)cc1. The number of rotatable bonds is 4. The highest BCUT2D eigenvalue weighted by molar-refractivity contribution is 5.90. The maximum atomic E-state index is 14.2. The second-order valence-corrected chi connectivity index (χ2v) is 7.78. The van der Waals surface area contributed by atoms with Crippen LogP contribution in [-0.4, -0.2) is 29.2 Å². The molecule has 0 bridgehead atoms. The van der Waals surface area contributed by atoms with Gasteiger partial charge in [0.05, 0.1) is 12.3 Å². The first-order valence-corrected chi connectivity index (χ1v) is 10.0. The number of nitrogens with zero attached hydrogens (tertiary/aromatic N) is 2. The van der Waals surface area contributed by atoms with Gasteiger partial charge in [-0.05, 0) is 54.7 Å². The minimum atomic E-state index is -0.362. The Bertz CT molecular complexity index is 996. The second kappa shape index (κ2) is 8.31. The van der Waals surface area contributed by atoms with E-state index in [1.807, 2.05) is 12.3 Å². The van der Waals surface area contributed by atoms with Crippen molar-refractivity contribution in [2.24, 2.45) is 5.73 Å². The summed E-state index contributed by atoms with van der Waals surface area (Å²) < 4.78 is 14.2. The Morgan fingerprint density at radius 2 is 1.69 bits per heavy atom. The lowest BCUT2D eigenvalue weighted by Gasteiger charge is -2.35. The van der Waals surface area contributed by atoms with Gasteiger partial charge >= 0.3 is 0 Å². The Morgan fingerprint density at radius 3 is 2.34 bits per heavy atom. The Kier molecular flexibility index (Phi) is 5.60. The first-order valence-electron chi connectivity index (χ1n) is 10.0. The zero-order valence-electron chi connectivity index (χ0n) is 16.6. The van der Waals surface area contributed by atoms with E-state index in [1.54, 1.807) is 6.20 Å². The van der Waals surface area contributed by atoms with E-state index in [2.05, 4.69) is 41.1 Å². The van der Waals surface area contributed by atoms with E-state index in [4.69, 9.17) is 5.73 Å². The average molecular weight is 391 g/mol. The predicted molar refractivity (Wildman–Crippen MR) is 115 cm³/mol. The highest BCUT2D eigenvalue weighted by Crippen LogP contribution is 2.40. The van der Waals surface area contributed by atoms with Crippen LogP contribution in [0.4, 0.5) is 10.1 Å². The van der Waals surface area contributed by atoms with Gasteiger partial charge in [0, 0.05) is 42.7 Å². The molecule has 0 saturated carbocycles. The average Bonchev–Trinajstić information content (AvgIpc) is 2.74. The van der Waals surface area contributed by atoms with Gasteiger partial charge in [-0.1, -0.05) is 29.8 Å². The van der Waals surface area contributed by atoms with Crippen LogP contribution < -0.4 is 10.6 Å². The molecule has 4 rings (SSSR count). The van der Waals surface area contributed by atoms with Crippen molar-refractivity contribution in [2.45, 2.75) is 32.4 Å². The maximum absolute atomic E-state index is 14.2. The van der Waals surface area contributed by atoms with E-state index in [-0.39, 0.29) is 18.5 Å². The van der Waals surface area contributed by atoms with E-state index >= 15 is 0 Å². The summed E-state index contributed by atoms with van der Waals surface area (Å²) in [6, 6.07) is 13.3. The molecule has 4 nitrogen and oxygen atoms in total. The monoisotopic (exact) mass is 391 g/mol. The molecule has 3 N–H and O–H groups in total. The normalized spacial score (nSPS) is 15.0. The number of aliphatic hydroxyl groups excluding tert-OH is 1. The summed E-state index contributed by atoms with van der Waals surface area (Å²) in [7, 11) is 0. The molecule has 2 heterocycles. The molecular formula is C24H26FN3O. The van der Waals surface area contributed by atoms with E-state index in [0.717, 1.165) is 53.9 Å². The third-order valence-electron chi connectivity index (χ3n) is 5.59. The van der Waals surface area contributed by atoms with Gasteiger partial charge in [-0.15, -0.1) is 0 Å². The molecule has 1 aliphatic heterocycles. The van der Waals surface area contributed by atoms with Gasteiger partial charge < -0.3 is 15.7 Å². The van der Waals surface area contributed by atoms with Crippen LogP contribution in [0.3, 0.4) is 0 Å². The number of aliphatic hydroxyl groups is 1. The molecule has 29 heavy (non-hydrogen) atoms. The zero-order chi connectivity index (χ0) is 20.4. The summed E-state index contributed by atoms with van der Waals surface area (Å²) in [5, 5.41) is 9.53. The molecule has 1 aliphatic rings. The number of aryl methyl sites for hydroxylation is 1. The topological polar surface area (TPSA) is 62.4 Å². The summed E-state index contributed by atoms with van der Waals surface area (Å²) >= 11 is 0. The summed E-state index contributed by atoms with van der Waals surface area (Å²) in [5.41, 5.74) is 12.6. The van der Waals surface area contributed by atoms with Gasteiger partial charge in [0.25, 0.3) is 0 Å². The lowest BCUT2D eigenvalue weighted by molar-refractivity contribution is 0.281. The fourth-order valence-electron chi connectivity index (χ4n) is 3.97. The number of piperidine rings is 1. The fraction of sp³-hybridized carbons (Fsp3) is 0.292. The maximum Gasteiger partial charge on any atom is 0.124 e. The van der Waals surface area contributed by atoms with Crippen LogP contribution >= 0.6 is 0 Å². The molecule has 3 aromatic rings. The molecule has 0 amide bonds. The molecule has 1 aromatic heterocycles. The largest absolute Gasteiger partial charge is 0.392 e. The van der Waals surface area contributed by atoms with Crippen LogP contribution in [-0.2, 0) is 6.61 Å². The number of anilines is 1. The van der Waals surface area contributed by atoms with Crippen molar-refractivity contribution in [3.8, 4) is 22.3 Å². The highest BCUT2D eigenvalue weighted by Gasteiger charge is 2.23. The highest BCUT2D eigenvalue weighted by atomic mass is 19.1. The summed E-state index contributed by atoms with van der Waals surface area (Å²) in [6.45, 7) is 3.55. The second-order valence-electron chi connectivity index (χ2n) is 7.78. The van der Waals surface area contributed by atoms with Crippen molar-refractivity contribution >= 4 is 5.69 Å². The minimum absolute atomic E-state index is 0.205. The molecule has 0 unspecified atom stereocenters. The van der Waals surface area contributed by atoms with E-state index in [9.17, 15) is 9.50 Å². The first kappa shape index (κ1) is 19.6.